The van der Waals surface area contributed by atoms with E-state index < -0.39 is 11.1 Å². The molecule has 0 radical (unpaired) electrons. The van der Waals surface area contributed by atoms with Crippen LogP contribution in [0.5, 0.6) is 0 Å². The lowest BCUT2D eigenvalue weighted by Gasteiger charge is -1.84. The summed E-state index contributed by atoms with van der Waals surface area (Å²) >= 11 is 0. The summed E-state index contributed by atoms with van der Waals surface area (Å²) in [4.78, 5) is 23.0. The molecule has 0 aliphatic rings. The van der Waals surface area contributed by atoms with E-state index in [-0.39, 0.29) is 13.0 Å². The van der Waals surface area contributed by atoms with Crippen LogP contribution in [0.3, 0.4) is 0 Å². The Bertz CT molecular complexity index is 107. The standard InChI is InChI=1S/C3H5NO5/c5-3(6)1-2-9-4(7)8/h1-2H2,(H-,5,6,7,8)/p+1. The topological polar surface area (TPSA) is 86.8 Å². The summed E-state index contributed by atoms with van der Waals surface area (Å²) in [5.74, 6) is -1.09. The highest BCUT2D eigenvalue weighted by molar-refractivity contribution is 5.66. The molecule has 0 amide bonds. The Morgan fingerprint density at radius 3 is 2.56 bits per heavy atom. The van der Waals surface area contributed by atoms with E-state index in [0.29, 0.717) is 0 Å². The molecule has 0 aromatic carbocycles. The van der Waals surface area contributed by atoms with Crippen LogP contribution in [-0.2, 0) is 9.63 Å². The molecule has 6 heteroatoms. The van der Waals surface area contributed by atoms with Gasteiger partial charge in [0.1, 0.15) is 4.91 Å². The summed E-state index contributed by atoms with van der Waals surface area (Å²) in [6, 6.07) is 0. The Hall–Kier alpha value is -1.33. The van der Waals surface area contributed by atoms with Gasteiger partial charge in [0, 0.05) is 0 Å². The normalized spacial score (nSPS) is 8.44. The Morgan fingerprint density at radius 1 is 1.67 bits per heavy atom. The third kappa shape index (κ3) is 6.67. The molecule has 6 nitrogen and oxygen atoms in total. The molecule has 0 saturated carbocycles. The van der Waals surface area contributed by atoms with E-state index in [4.69, 9.17) is 10.3 Å². The predicted molar refractivity (Wildman–Crippen MR) is 23.6 cm³/mol. The first-order valence-electron chi connectivity index (χ1n) is 2.14. The Balaban J connectivity index is 3.10. The summed E-state index contributed by atoms with van der Waals surface area (Å²) in [6.07, 6.45) is -0.306. The van der Waals surface area contributed by atoms with Gasteiger partial charge in [0.25, 0.3) is 0 Å². The zero-order valence-electron chi connectivity index (χ0n) is 4.48. The average Bonchev–Trinajstić information content (AvgIpc) is 1.63. The first-order chi connectivity index (χ1) is 4.13. The van der Waals surface area contributed by atoms with Crippen LogP contribution in [0.4, 0.5) is 0 Å². The minimum Gasteiger partial charge on any atom is -0.481 e. The summed E-state index contributed by atoms with van der Waals surface area (Å²) < 4.78 is 0. The largest absolute Gasteiger partial charge is 0.481 e. The van der Waals surface area contributed by atoms with E-state index in [9.17, 15) is 9.70 Å². The number of hydrogen-bond acceptors (Lipinski definition) is 3. The van der Waals surface area contributed by atoms with E-state index in [1.165, 1.54) is 0 Å². The zero-order chi connectivity index (χ0) is 7.28. The molecular weight excluding hydrogens is 130 g/mol. The molecule has 9 heavy (non-hydrogen) atoms. The third-order valence-corrected chi connectivity index (χ3v) is 0.518. The number of nitrogens with zero attached hydrogens (tertiary/aromatic N) is 1. The van der Waals surface area contributed by atoms with Crippen molar-refractivity contribution in [3.8, 4) is 0 Å². The van der Waals surface area contributed by atoms with Crippen molar-refractivity contribution in [2.45, 2.75) is 6.42 Å². The maximum atomic E-state index is 9.70. The Labute approximate surface area is 50.1 Å². The predicted octanol–water partition coefficient (Wildman–Crippen LogP) is -0.439. The maximum absolute atomic E-state index is 9.70. The number of hydrogen-bond donors (Lipinski definition) is 2. The van der Waals surface area contributed by atoms with Crippen molar-refractivity contribution in [3.05, 3.63) is 4.91 Å². The molecule has 0 fully saturated rings. The van der Waals surface area contributed by atoms with Gasteiger partial charge in [0.15, 0.2) is 6.61 Å². The molecular formula is C3H6NO5+. The first kappa shape index (κ1) is 7.67. The molecule has 0 spiro atoms. The number of carbonyl (C=O) groups is 1. The molecule has 0 aromatic heterocycles. The van der Waals surface area contributed by atoms with Gasteiger partial charge in [-0.05, 0) is 0 Å². The van der Waals surface area contributed by atoms with E-state index in [1.807, 2.05) is 0 Å². The quantitative estimate of drug-likeness (QED) is 0.511. The fourth-order valence-electron chi connectivity index (χ4n) is 0.211. The zero-order valence-corrected chi connectivity index (χ0v) is 4.48. The lowest BCUT2D eigenvalue weighted by Crippen LogP contribution is -2.08. The van der Waals surface area contributed by atoms with Gasteiger partial charge in [-0.1, -0.05) is 0 Å². The molecule has 0 rings (SSSR count). The Kier molecular flexibility index (Phi) is 3.11. The van der Waals surface area contributed by atoms with Gasteiger partial charge in [-0.3, -0.25) is 4.79 Å². The molecule has 52 valence electrons. The second-order valence-electron chi connectivity index (χ2n) is 1.21. The highest BCUT2D eigenvalue weighted by Crippen LogP contribution is 1.80. The van der Waals surface area contributed by atoms with Crippen LogP contribution in [0.2, 0.25) is 0 Å². The lowest BCUT2D eigenvalue weighted by atomic mass is 10.5. The van der Waals surface area contributed by atoms with Crippen LogP contribution in [-0.4, -0.2) is 28.0 Å². The molecule has 0 saturated heterocycles. The van der Waals surface area contributed by atoms with Gasteiger partial charge in [-0.25, -0.2) is 5.21 Å². The smallest absolute Gasteiger partial charge is 0.475 e. The van der Waals surface area contributed by atoms with Crippen LogP contribution in [0, 0.1) is 4.91 Å². The molecule has 2 N–H and O–H groups in total. The van der Waals surface area contributed by atoms with Gasteiger partial charge in [0.2, 0.25) is 0 Å². The van der Waals surface area contributed by atoms with Crippen molar-refractivity contribution < 1.29 is 25.0 Å². The molecule has 0 heterocycles. The molecule has 0 aliphatic carbocycles. The van der Waals surface area contributed by atoms with Crippen molar-refractivity contribution in [1.29, 1.82) is 0 Å². The van der Waals surface area contributed by atoms with Gasteiger partial charge in [-0.15, -0.1) is 0 Å². The monoisotopic (exact) mass is 136 g/mol. The van der Waals surface area contributed by atoms with Gasteiger partial charge in [-0.2, -0.15) is 4.84 Å². The first-order valence-corrected chi connectivity index (χ1v) is 2.14. The van der Waals surface area contributed by atoms with E-state index in [0.717, 1.165) is 0 Å². The number of rotatable bonds is 4. The average molecular weight is 136 g/mol. The number of carboxylic acid groups (broad SMARTS) is 1. The number of carboxylic acids is 1. The maximum Gasteiger partial charge on any atom is 0.475 e. The van der Waals surface area contributed by atoms with Crippen molar-refractivity contribution in [1.82, 2.24) is 0 Å². The van der Waals surface area contributed by atoms with Crippen molar-refractivity contribution >= 4 is 5.97 Å². The summed E-state index contributed by atoms with van der Waals surface area (Å²) in [7, 11) is 0. The van der Waals surface area contributed by atoms with E-state index in [2.05, 4.69) is 4.84 Å². The van der Waals surface area contributed by atoms with E-state index in [1.54, 1.807) is 0 Å². The van der Waals surface area contributed by atoms with Crippen LogP contribution < -0.4 is 0 Å². The summed E-state index contributed by atoms with van der Waals surface area (Å²) in [5, 5.41) is 14.9. The molecule has 0 aliphatic heterocycles. The molecule has 0 bridgehead atoms. The fourth-order valence-corrected chi connectivity index (χ4v) is 0.211. The third-order valence-electron chi connectivity index (χ3n) is 0.518. The minimum absolute atomic E-state index is 0.306. The second kappa shape index (κ2) is 3.65. The lowest BCUT2D eigenvalue weighted by molar-refractivity contribution is -0.975. The molecule has 0 atom stereocenters. The SMILES string of the molecule is O=C(O)CCO[N+](=O)O. The number of aliphatic carboxylic acids is 1. The van der Waals surface area contributed by atoms with Crippen LogP contribution in [0.1, 0.15) is 6.42 Å². The highest BCUT2D eigenvalue weighted by Gasteiger charge is 2.05. The van der Waals surface area contributed by atoms with Crippen LogP contribution in [0.25, 0.3) is 0 Å². The molecule has 0 unspecified atom stereocenters. The van der Waals surface area contributed by atoms with Crippen LogP contribution in [0.15, 0.2) is 0 Å². The van der Waals surface area contributed by atoms with Crippen molar-refractivity contribution in [3.63, 3.8) is 0 Å². The van der Waals surface area contributed by atoms with Crippen molar-refractivity contribution in [2.75, 3.05) is 6.61 Å². The Morgan fingerprint density at radius 2 is 2.22 bits per heavy atom. The van der Waals surface area contributed by atoms with Gasteiger partial charge >= 0.3 is 11.1 Å². The highest BCUT2D eigenvalue weighted by atomic mass is 16.9. The van der Waals surface area contributed by atoms with Gasteiger partial charge < -0.3 is 5.11 Å². The minimum atomic E-state index is -1.09. The van der Waals surface area contributed by atoms with Crippen molar-refractivity contribution in [2.24, 2.45) is 0 Å². The summed E-state index contributed by atoms with van der Waals surface area (Å²) in [6.45, 7) is -0.324. The summed E-state index contributed by atoms with van der Waals surface area (Å²) in [5.41, 5.74) is 0. The van der Waals surface area contributed by atoms with E-state index >= 15 is 0 Å². The fraction of sp³-hybridized carbons (Fsp3) is 0.667. The van der Waals surface area contributed by atoms with Crippen LogP contribution >= 0.6 is 0 Å². The second-order valence-corrected chi connectivity index (χ2v) is 1.21. The van der Waals surface area contributed by atoms with Gasteiger partial charge in [0.05, 0.1) is 6.42 Å². The molecule has 0 aromatic rings.